The minimum atomic E-state index is -1.05. The lowest BCUT2D eigenvalue weighted by Crippen LogP contribution is -2.33. The quantitative estimate of drug-likeness (QED) is 0.724. The number of hydrogen-bond acceptors (Lipinski definition) is 4. The Bertz CT molecular complexity index is 473. The third-order valence-corrected chi connectivity index (χ3v) is 3.36. The van der Waals surface area contributed by atoms with Crippen LogP contribution in [0.5, 0.6) is 0 Å². The van der Waals surface area contributed by atoms with Crippen molar-refractivity contribution in [3.63, 3.8) is 0 Å². The summed E-state index contributed by atoms with van der Waals surface area (Å²) in [6.45, 7) is 4.00. The Hall–Kier alpha value is -1.95. The summed E-state index contributed by atoms with van der Waals surface area (Å²) in [5.41, 5.74) is 0.792. The van der Waals surface area contributed by atoms with Crippen LogP contribution < -0.4 is 10.6 Å². The minimum Gasteiger partial charge on any atom is -0.477 e. The van der Waals surface area contributed by atoms with E-state index < -0.39 is 5.97 Å². The molecular formula is C13H17N3O3. The maximum atomic E-state index is 11.9. The van der Waals surface area contributed by atoms with Gasteiger partial charge in [0.15, 0.2) is 0 Å². The van der Waals surface area contributed by atoms with Crippen LogP contribution in [0.1, 0.15) is 23.0 Å². The predicted octanol–water partition coefficient (Wildman–Crippen LogP) is 0.251. The Morgan fingerprint density at radius 1 is 1.47 bits per heavy atom. The first-order chi connectivity index (χ1) is 9.08. The van der Waals surface area contributed by atoms with Gasteiger partial charge in [-0.15, -0.1) is 0 Å². The van der Waals surface area contributed by atoms with Gasteiger partial charge in [0.05, 0.1) is 5.92 Å². The third-order valence-electron chi connectivity index (χ3n) is 3.36. The fourth-order valence-corrected chi connectivity index (χ4v) is 2.14. The van der Waals surface area contributed by atoms with Crippen molar-refractivity contribution in [2.45, 2.75) is 13.5 Å². The first kappa shape index (κ1) is 13.5. The number of hydrogen-bond donors (Lipinski definition) is 3. The number of nitrogens with one attached hydrogen (secondary N) is 2. The number of nitrogens with zero attached hydrogens (tertiary/aromatic N) is 1. The molecule has 0 aliphatic carbocycles. The zero-order valence-corrected chi connectivity index (χ0v) is 10.7. The van der Waals surface area contributed by atoms with Crippen molar-refractivity contribution in [3.8, 4) is 0 Å². The van der Waals surface area contributed by atoms with Gasteiger partial charge >= 0.3 is 5.97 Å². The van der Waals surface area contributed by atoms with Gasteiger partial charge in [-0.2, -0.15) is 0 Å². The second-order valence-electron chi connectivity index (χ2n) is 4.82. The molecule has 102 valence electrons. The monoisotopic (exact) mass is 263 g/mol. The Kier molecular flexibility index (Phi) is 4.11. The van der Waals surface area contributed by atoms with E-state index in [0.717, 1.165) is 12.1 Å². The molecule has 3 N–H and O–H groups in total. The lowest BCUT2D eigenvalue weighted by molar-refractivity contribution is -0.125. The Morgan fingerprint density at radius 2 is 2.26 bits per heavy atom. The van der Waals surface area contributed by atoms with Crippen LogP contribution in [0.15, 0.2) is 18.3 Å². The van der Waals surface area contributed by atoms with E-state index in [1.165, 1.54) is 12.3 Å². The average Bonchev–Trinajstić information content (AvgIpc) is 2.83. The number of carbonyl (C=O) groups is 2. The summed E-state index contributed by atoms with van der Waals surface area (Å²) in [6, 6.07) is 3.09. The van der Waals surface area contributed by atoms with E-state index in [1.54, 1.807) is 6.07 Å². The number of pyridine rings is 1. The van der Waals surface area contributed by atoms with Crippen LogP contribution in [-0.4, -0.2) is 35.1 Å². The number of carboxylic acids is 1. The van der Waals surface area contributed by atoms with Crippen LogP contribution in [0.4, 0.5) is 0 Å². The highest BCUT2D eigenvalue weighted by atomic mass is 16.4. The van der Waals surface area contributed by atoms with E-state index in [-0.39, 0.29) is 17.5 Å². The summed E-state index contributed by atoms with van der Waals surface area (Å²) in [7, 11) is 0. The number of carbonyl (C=O) groups excluding carboxylic acids is 1. The van der Waals surface area contributed by atoms with Crippen molar-refractivity contribution in [3.05, 3.63) is 29.6 Å². The van der Waals surface area contributed by atoms with Crippen molar-refractivity contribution in [1.29, 1.82) is 0 Å². The van der Waals surface area contributed by atoms with Gasteiger partial charge in [-0.3, -0.25) is 4.79 Å². The van der Waals surface area contributed by atoms with E-state index in [1.807, 2.05) is 6.92 Å². The SMILES string of the molecule is CC1CNCC1C(=O)NCc1ccc(C(=O)O)nc1. The molecule has 0 radical (unpaired) electrons. The fourth-order valence-electron chi connectivity index (χ4n) is 2.14. The van der Waals surface area contributed by atoms with Crippen molar-refractivity contribution >= 4 is 11.9 Å². The molecule has 2 unspecified atom stereocenters. The van der Waals surface area contributed by atoms with E-state index in [0.29, 0.717) is 19.0 Å². The molecule has 0 bridgehead atoms. The number of carboxylic acid groups (broad SMARTS) is 1. The summed E-state index contributed by atoms with van der Waals surface area (Å²) >= 11 is 0. The number of aromatic carboxylic acids is 1. The zero-order valence-electron chi connectivity index (χ0n) is 10.7. The van der Waals surface area contributed by atoms with Crippen LogP contribution in [0.25, 0.3) is 0 Å². The molecule has 6 heteroatoms. The van der Waals surface area contributed by atoms with E-state index >= 15 is 0 Å². The molecule has 1 saturated heterocycles. The Labute approximate surface area is 111 Å². The number of amides is 1. The molecule has 1 aliphatic heterocycles. The van der Waals surface area contributed by atoms with Gasteiger partial charge < -0.3 is 15.7 Å². The summed E-state index contributed by atoms with van der Waals surface area (Å²) in [5.74, 6) is -0.681. The van der Waals surface area contributed by atoms with Crippen LogP contribution >= 0.6 is 0 Å². The summed E-state index contributed by atoms with van der Waals surface area (Å²) in [5, 5.41) is 14.8. The molecule has 19 heavy (non-hydrogen) atoms. The molecule has 2 atom stereocenters. The lowest BCUT2D eigenvalue weighted by atomic mass is 9.97. The van der Waals surface area contributed by atoms with Gasteiger partial charge in [-0.25, -0.2) is 9.78 Å². The van der Waals surface area contributed by atoms with E-state index in [2.05, 4.69) is 15.6 Å². The predicted molar refractivity (Wildman–Crippen MR) is 68.6 cm³/mol. The van der Waals surface area contributed by atoms with Crippen molar-refractivity contribution in [1.82, 2.24) is 15.6 Å². The van der Waals surface area contributed by atoms with Crippen molar-refractivity contribution in [2.75, 3.05) is 13.1 Å². The smallest absolute Gasteiger partial charge is 0.354 e. The summed E-state index contributed by atoms with van der Waals surface area (Å²) in [4.78, 5) is 26.4. The van der Waals surface area contributed by atoms with Crippen LogP contribution in [0, 0.1) is 11.8 Å². The van der Waals surface area contributed by atoms with Gasteiger partial charge in [-0.05, 0) is 24.1 Å². The highest BCUT2D eigenvalue weighted by Gasteiger charge is 2.29. The number of rotatable bonds is 4. The molecule has 2 rings (SSSR count). The summed E-state index contributed by atoms with van der Waals surface area (Å²) in [6.07, 6.45) is 1.47. The van der Waals surface area contributed by atoms with Crippen LogP contribution in [0.3, 0.4) is 0 Å². The minimum absolute atomic E-state index is 0.00342. The second-order valence-corrected chi connectivity index (χ2v) is 4.82. The zero-order chi connectivity index (χ0) is 13.8. The standard InChI is InChI=1S/C13H17N3O3/c1-8-4-14-7-10(8)12(17)16-6-9-2-3-11(13(18)19)15-5-9/h2-3,5,8,10,14H,4,6-7H2,1H3,(H,16,17)(H,18,19). The molecular weight excluding hydrogens is 246 g/mol. The normalized spacial score (nSPS) is 22.2. The molecule has 6 nitrogen and oxygen atoms in total. The topological polar surface area (TPSA) is 91.3 Å². The third kappa shape index (κ3) is 3.29. The molecule has 1 amide bonds. The van der Waals surface area contributed by atoms with E-state index in [4.69, 9.17) is 5.11 Å². The van der Waals surface area contributed by atoms with Gasteiger partial charge in [0.2, 0.25) is 5.91 Å². The Balaban J connectivity index is 1.88. The average molecular weight is 263 g/mol. The van der Waals surface area contributed by atoms with Crippen molar-refractivity contribution < 1.29 is 14.7 Å². The van der Waals surface area contributed by atoms with Gasteiger partial charge in [-0.1, -0.05) is 13.0 Å². The molecule has 1 aromatic rings. The van der Waals surface area contributed by atoms with E-state index in [9.17, 15) is 9.59 Å². The molecule has 1 fully saturated rings. The largest absolute Gasteiger partial charge is 0.477 e. The summed E-state index contributed by atoms with van der Waals surface area (Å²) < 4.78 is 0. The molecule has 2 heterocycles. The van der Waals surface area contributed by atoms with Gasteiger partial charge in [0.1, 0.15) is 5.69 Å². The molecule has 0 spiro atoms. The first-order valence-corrected chi connectivity index (χ1v) is 6.24. The highest BCUT2D eigenvalue weighted by molar-refractivity contribution is 5.85. The van der Waals surface area contributed by atoms with Gasteiger partial charge in [0.25, 0.3) is 0 Å². The highest BCUT2D eigenvalue weighted by Crippen LogP contribution is 2.15. The number of aromatic nitrogens is 1. The molecule has 1 aliphatic rings. The molecule has 0 saturated carbocycles. The van der Waals surface area contributed by atoms with Crippen LogP contribution in [-0.2, 0) is 11.3 Å². The fraction of sp³-hybridized carbons (Fsp3) is 0.462. The second kappa shape index (κ2) is 5.79. The molecule has 0 aromatic carbocycles. The lowest BCUT2D eigenvalue weighted by Gasteiger charge is -2.14. The van der Waals surface area contributed by atoms with Gasteiger partial charge in [0, 0.05) is 19.3 Å². The van der Waals surface area contributed by atoms with Crippen LogP contribution in [0.2, 0.25) is 0 Å². The maximum absolute atomic E-state index is 11.9. The molecule has 1 aromatic heterocycles. The Morgan fingerprint density at radius 3 is 2.79 bits per heavy atom. The maximum Gasteiger partial charge on any atom is 0.354 e. The first-order valence-electron chi connectivity index (χ1n) is 6.24. The van der Waals surface area contributed by atoms with Crippen molar-refractivity contribution in [2.24, 2.45) is 11.8 Å².